The van der Waals surface area contributed by atoms with Crippen LogP contribution in [0.15, 0.2) is 42.6 Å². The first-order valence-electron chi connectivity index (χ1n) is 7.57. The molecule has 0 fully saturated rings. The minimum absolute atomic E-state index is 0.0225. The third kappa shape index (κ3) is 2.63. The highest BCUT2D eigenvalue weighted by atomic mass is 19.1. The van der Waals surface area contributed by atoms with Crippen molar-refractivity contribution in [2.75, 3.05) is 11.9 Å². The number of carbonyl (C=O) groups is 1. The zero-order chi connectivity index (χ0) is 17.6. The Labute approximate surface area is 141 Å². The average Bonchev–Trinajstić information content (AvgIpc) is 2.96. The molecule has 5 nitrogen and oxygen atoms in total. The van der Waals surface area contributed by atoms with Gasteiger partial charge in [0.15, 0.2) is 6.61 Å². The van der Waals surface area contributed by atoms with Gasteiger partial charge in [0, 0.05) is 24.2 Å². The molecule has 2 heterocycles. The summed E-state index contributed by atoms with van der Waals surface area (Å²) >= 11 is 0. The van der Waals surface area contributed by atoms with Crippen LogP contribution in [0.4, 0.5) is 14.5 Å². The molecule has 25 heavy (non-hydrogen) atoms. The van der Waals surface area contributed by atoms with Gasteiger partial charge in [0.05, 0.1) is 17.6 Å². The number of benzene rings is 2. The summed E-state index contributed by atoms with van der Waals surface area (Å²) in [6.07, 6.45) is 1.60. The number of hydrogen-bond donors (Lipinski definition) is 1. The summed E-state index contributed by atoms with van der Waals surface area (Å²) in [4.78, 5) is 11.5. The number of nitrogens with one attached hydrogen (secondary N) is 1. The number of carbonyl (C=O) groups excluding carboxylic acids is 1. The predicted octanol–water partition coefficient (Wildman–Crippen LogP) is 3.36. The Kier molecular flexibility index (Phi) is 3.49. The maximum atomic E-state index is 14.3. The number of halogens is 2. The van der Waals surface area contributed by atoms with Gasteiger partial charge in [-0.3, -0.25) is 9.48 Å². The molecule has 0 saturated carbocycles. The summed E-state index contributed by atoms with van der Waals surface area (Å²) in [5, 5.41) is 6.94. The molecular weight excluding hydrogens is 328 g/mol. The van der Waals surface area contributed by atoms with Crippen LogP contribution < -0.4 is 10.1 Å². The molecular formula is C18H13F2N3O2. The molecule has 0 saturated heterocycles. The van der Waals surface area contributed by atoms with Gasteiger partial charge < -0.3 is 10.1 Å². The summed E-state index contributed by atoms with van der Waals surface area (Å²) in [6.45, 7) is -0.0225. The molecule has 1 N–H and O–H groups in total. The highest BCUT2D eigenvalue weighted by Gasteiger charge is 2.20. The Morgan fingerprint density at radius 3 is 2.80 bits per heavy atom. The molecule has 4 rings (SSSR count). The molecule has 0 unspecified atom stereocenters. The third-order valence-electron chi connectivity index (χ3n) is 4.05. The van der Waals surface area contributed by atoms with E-state index in [-0.39, 0.29) is 18.1 Å². The fraction of sp³-hybridized carbons (Fsp3) is 0.111. The van der Waals surface area contributed by atoms with Crippen molar-refractivity contribution in [3.05, 3.63) is 54.2 Å². The number of aromatic nitrogens is 2. The van der Waals surface area contributed by atoms with Crippen LogP contribution in [0.5, 0.6) is 5.75 Å². The second-order valence-corrected chi connectivity index (χ2v) is 5.70. The Morgan fingerprint density at radius 1 is 1.16 bits per heavy atom. The smallest absolute Gasteiger partial charge is 0.262 e. The number of nitrogens with zero attached hydrogens (tertiary/aromatic N) is 2. The van der Waals surface area contributed by atoms with Crippen molar-refractivity contribution in [2.45, 2.75) is 0 Å². The minimum Gasteiger partial charge on any atom is -0.482 e. The van der Waals surface area contributed by atoms with Crippen molar-refractivity contribution in [2.24, 2.45) is 7.05 Å². The second-order valence-electron chi connectivity index (χ2n) is 5.70. The second kappa shape index (κ2) is 5.70. The van der Waals surface area contributed by atoms with Crippen molar-refractivity contribution in [1.82, 2.24) is 9.78 Å². The van der Waals surface area contributed by atoms with Gasteiger partial charge in [-0.1, -0.05) is 6.07 Å². The van der Waals surface area contributed by atoms with Crippen LogP contribution >= 0.6 is 0 Å². The summed E-state index contributed by atoms with van der Waals surface area (Å²) in [7, 11) is 1.69. The number of amides is 1. The van der Waals surface area contributed by atoms with Crippen LogP contribution in [-0.4, -0.2) is 22.3 Å². The molecule has 2 aromatic carbocycles. The standard InChI is InChI=1S/C18H13F2N3O2/c1-23-18(12-4-3-11(19)7-14(12)20)13(8-21-23)10-2-5-16-15(6-10)22-17(24)9-25-16/h2-8H,9H2,1H3,(H,22,24). The average molecular weight is 341 g/mol. The van der Waals surface area contributed by atoms with Gasteiger partial charge in [-0.2, -0.15) is 5.10 Å². The summed E-state index contributed by atoms with van der Waals surface area (Å²) < 4.78 is 34.4. The van der Waals surface area contributed by atoms with E-state index in [1.807, 2.05) is 0 Å². The number of ether oxygens (including phenoxy) is 1. The van der Waals surface area contributed by atoms with E-state index in [1.54, 1.807) is 31.4 Å². The normalized spacial score (nSPS) is 13.2. The summed E-state index contributed by atoms with van der Waals surface area (Å²) in [5.41, 5.74) is 2.70. The van der Waals surface area contributed by atoms with Gasteiger partial charge in [-0.15, -0.1) is 0 Å². The molecule has 7 heteroatoms. The van der Waals surface area contributed by atoms with Gasteiger partial charge in [-0.25, -0.2) is 8.78 Å². The molecule has 0 atom stereocenters. The third-order valence-corrected chi connectivity index (χ3v) is 4.05. The molecule has 1 amide bonds. The van der Waals surface area contributed by atoms with E-state index < -0.39 is 11.6 Å². The maximum Gasteiger partial charge on any atom is 0.262 e. The van der Waals surface area contributed by atoms with Crippen LogP contribution in [0.25, 0.3) is 22.4 Å². The SMILES string of the molecule is Cn1ncc(-c2ccc3c(c2)NC(=O)CO3)c1-c1ccc(F)cc1F. The minimum atomic E-state index is -0.667. The van der Waals surface area contributed by atoms with Crippen molar-refractivity contribution in [3.8, 4) is 28.1 Å². The van der Waals surface area contributed by atoms with E-state index >= 15 is 0 Å². The van der Waals surface area contributed by atoms with Crippen molar-refractivity contribution in [1.29, 1.82) is 0 Å². The number of fused-ring (bicyclic) bond motifs is 1. The van der Waals surface area contributed by atoms with Crippen LogP contribution in [0.1, 0.15) is 0 Å². The lowest BCUT2D eigenvalue weighted by molar-refractivity contribution is -0.118. The zero-order valence-electron chi connectivity index (χ0n) is 13.2. The maximum absolute atomic E-state index is 14.3. The molecule has 0 spiro atoms. The Morgan fingerprint density at radius 2 is 2.00 bits per heavy atom. The fourth-order valence-electron chi connectivity index (χ4n) is 2.90. The molecule has 1 aromatic heterocycles. The van der Waals surface area contributed by atoms with Gasteiger partial charge in [0.25, 0.3) is 5.91 Å². The van der Waals surface area contributed by atoms with Crippen LogP contribution in [0, 0.1) is 11.6 Å². The van der Waals surface area contributed by atoms with Crippen molar-refractivity contribution in [3.63, 3.8) is 0 Å². The van der Waals surface area contributed by atoms with E-state index in [0.717, 1.165) is 11.6 Å². The first-order chi connectivity index (χ1) is 12.0. The van der Waals surface area contributed by atoms with Crippen LogP contribution in [0.2, 0.25) is 0 Å². The lowest BCUT2D eigenvalue weighted by Crippen LogP contribution is -2.25. The lowest BCUT2D eigenvalue weighted by Gasteiger charge is -2.18. The van der Waals surface area contributed by atoms with Gasteiger partial charge >= 0.3 is 0 Å². The van der Waals surface area contributed by atoms with E-state index in [9.17, 15) is 13.6 Å². The van der Waals surface area contributed by atoms with E-state index in [0.29, 0.717) is 22.7 Å². The van der Waals surface area contributed by atoms with Gasteiger partial charge in [0.1, 0.15) is 17.4 Å². The first-order valence-corrected chi connectivity index (χ1v) is 7.57. The quantitative estimate of drug-likeness (QED) is 0.778. The van der Waals surface area contributed by atoms with Crippen molar-refractivity contribution >= 4 is 11.6 Å². The topological polar surface area (TPSA) is 56.2 Å². The van der Waals surface area contributed by atoms with Crippen molar-refractivity contribution < 1.29 is 18.3 Å². The first kappa shape index (κ1) is 15.3. The lowest BCUT2D eigenvalue weighted by atomic mass is 10.00. The van der Waals surface area contributed by atoms with Gasteiger partial charge in [-0.05, 0) is 29.8 Å². The Bertz CT molecular complexity index is 998. The number of rotatable bonds is 2. The van der Waals surface area contributed by atoms with E-state index in [1.165, 1.54) is 16.8 Å². The molecule has 0 radical (unpaired) electrons. The number of aryl methyl sites for hydroxylation is 1. The monoisotopic (exact) mass is 341 g/mol. The van der Waals surface area contributed by atoms with Crippen LogP contribution in [0.3, 0.4) is 0 Å². The van der Waals surface area contributed by atoms with E-state index in [4.69, 9.17) is 4.74 Å². The zero-order valence-corrected chi connectivity index (χ0v) is 13.2. The highest BCUT2D eigenvalue weighted by Crippen LogP contribution is 2.37. The molecule has 0 bridgehead atoms. The highest BCUT2D eigenvalue weighted by molar-refractivity contribution is 5.96. The number of hydrogen-bond acceptors (Lipinski definition) is 3. The fourth-order valence-corrected chi connectivity index (χ4v) is 2.90. The molecule has 1 aliphatic rings. The molecule has 126 valence electrons. The Balaban J connectivity index is 1.85. The largest absolute Gasteiger partial charge is 0.482 e. The summed E-state index contributed by atoms with van der Waals surface area (Å²) in [6, 6.07) is 8.71. The van der Waals surface area contributed by atoms with Crippen LogP contribution in [-0.2, 0) is 11.8 Å². The molecule has 1 aliphatic heterocycles. The van der Waals surface area contributed by atoms with E-state index in [2.05, 4.69) is 10.4 Å². The number of anilines is 1. The predicted molar refractivity (Wildman–Crippen MR) is 88.1 cm³/mol. The summed E-state index contributed by atoms with van der Waals surface area (Å²) in [5.74, 6) is -0.972. The van der Waals surface area contributed by atoms with Gasteiger partial charge in [0.2, 0.25) is 0 Å². The molecule has 0 aliphatic carbocycles. The Hall–Kier alpha value is -3.22. The molecule has 3 aromatic rings.